The molecule has 1 fully saturated rings. The van der Waals surface area contributed by atoms with Crippen LogP contribution in [0.4, 0.5) is 14.5 Å². The smallest absolute Gasteiger partial charge is 0.242 e. The number of halogens is 2. The molecule has 3 nitrogen and oxygen atoms in total. The molecule has 0 radical (unpaired) electrons. The second kappa shape index (κ2) is 5.99. The van der Waals surface area contributed by atoms with Gasteiger partial charge in [-0.3, -0.25) is 4.79 Å². The molecule has 1 unspecified atom stereocenters. The van der Waals surface area contributed by atoms with E-state index in [1.165, 1.54) is 0 Å². The van der Waals surface area contributed by atoms with E-state index in [1.807, 2.05) is 6.92 Å². The second-order valence-electron chi connectivity index (χ2n) is 4.91. The van der Waals surface area contributed by atoms with Crippen molar-refractivity contribution in [2.24, 2.45) is 0 Å². The summed E-state index contributed by atoms with van der Waals surface area (Å²) in [5.74, 6) is -1.15. The van der Waals surface area contributed by atoms with Gasteiger partial charge in [0.15, 0.2) is 0 Å². The van der Waals surface area contributed by atoms with Gasteiger partial charge in [0.2, 0.25) is 5.91 Å². The van der Waals surface area contributed by atoms with Gasteiger partial charge < -0.3 is 10.2 Å². The average molecular weight is 268 g/mol. The van der Waals surface area contributed by atoms with Gasteiger partial charge in [0.05, 0.1) is 12.2 Å². The van der Waals surface area contributed by atoms with Gasteiger partial charge in [-0.15, -0.1) is 0 Å². The summed E-state index contributed by atoms with van der Waals surface area (Å²) in [5.41, 5.74) is 0.0259. The van der Waals surface area contributed by atoms with Crippen LogP contribution in [0.3, 0.4) is 0 Å². The summed E-state index contributed by atoms with van der Waals surface area (Å²) in [4.78, 5) is 13.8. The van der Waals surface area contributed by atoms with E-state index in [1.54, 1.807) is 4.90 Å². The van der Waals surface area contributed by atoms with Crippen LogP contribution in [0.1, 0.15) is 26.2 Å². The fraction of sp³-hybridized carbons (Fsp3) is 0.500. The highest BCUT2D eigenvalue weighted by molar-refractivity contribution is 5.81. The lowest BCUT2D eigenvalue weighted by Crippen LogP contribution is -2.44. The highest BCUT2D eigenvalue weighted by Crippen LogP contribution is 2.18. The van der Waals surface area contributed by atoms with Crippen LogP contribution in [0.5, 0.6) is 0 Å². The zero-order valence-electron chi connectivity index (χ0n) is 11.0. The maximum absolute atomic E-state index is 13.4. The highest BCUT2D eigenvalue weighted by Gasteiger charge is 2.22. The molecule has 1 aromatic carbocycles. The monoisotopic (exact) mass is 268 g/mol. The topological polar surface area (TPSA) is 32.3 Å². The third-order valence-electron chi connectivity index (χ3n) is 3.48. The number of hydrogen-bond donors (Lipinski definition) is 1. The Kier molecular flexibility index (Phi) is 4.35. The summed E-state index contributed by atoms with van der Waals surface area (Å²) in [7, 11) is 0. The number of amides is 1. The Balaban J connectivity index is 1.94. The Morgan fingerprint density at radius 3 is 2.95 bits per heavy atom. The van der Waals surface area contributed by atoms with Crippen LogP contribution in [-0.4, -0.2) is 29.9 Å². The Labute approximate surface area is 111 Å². The lowest BCUT2D eigenvalue weighted by molar-refractivity contribution is -0.132. The molecule has 0 aromatic heterocycles. The molecular weight excluding hydrogens is 250 g/mol. The molecule has 0 saturated carbocycles. The van der Waals surface area contributed by atoms with E-state index < -0.39 is 11.6 Å². The van der Waals surface area contributed by atoms with Crippen LogP contribution in [-0.2, 0) is 4.79 Å². The van der Waals surface area contributed by atoms with E-state index in [0.29, 0.717) is 0 Å². The predicted octanol–water partition coefficient (Wildman–Crippen LogP) is 2.78. The molecule has 19 heavy (non-hydrogen) atoms. The van der Waals surface area contributed by atoms with Crippen molar-refractivity contribution in [2.45, 2.75) is 32.2 Å². The number of benzene rings is 1. The molecule has 1 aliphatic heterocycles. The fourth-order valence-corrected chi connectivity index (χ4v) is 2.37. The van der Waals surface area contributed by atoms with E-state index >= 15 is 0 Å². The molecule has 1 heterocycles. The molecule has 104 valence electrons. The number of anilines is 1. The van der Waals surface area contributed by atoms with Gasteiger partial charge in [-0.25, -0.2) is 8.78 Å². The second-order valence-corrected chi connectivity index (χ2v) is 4.91. The molecule has 0 aliphatic carbocycles. The van der Waals surface area contributed by atoms with E-state index in [2.05, 4.69) is 5.32 Å². The van der Waals surface area contributed by atoms with E-state index in [9.17, 15) is 13.6 Å². The lowest BCUT2D eigenvalue weighted by Gasteiger charge is -2.33. The van der Waals surface area contributed by atoms with Crippen molar-refractivity contribution in [2.75, 3.05) is 18.4 Å². The Hall–Kier alpha value is -1.65. The summed E-state index contributed by atoms with van der Waals surface area (Å²) in [6, 6.07) is 3.38. The molecule has 1 atom stereocenters. The van der Waals surface area contributed by atoms with Crippen molar-refractivity contribution in [3.05, 3.63) is 29.8 Å². The third kappa shape index (κ3) is 3.43. The van der Waals surface area contributed by atoms with Crippen molar-refractivity contribution in [3.63, 3.8) is 0 Å². The number of hydrogen-bond acceptors (Lipinski definition) is 2. The van der Waals surface area contributed by atoms with Crippen LogP contribution in [0.2, 0.25) is 0 Å². The summed E-state index contributed by atoms with van der Waals surface area (Å²) < 4.78 is 26.4. The lowest BCUT2D eigenvalue weighted by atomic mass is 10.0. The highest BCUT2D eigenvalue weighted by atomic mass is 19.1. The molecule has 2 rings (SSSR count). The van der Waals surface area contributed by atoms with Crippen molar-refractivity contribution in [3.8, 4) is 0 Å². The van der Waals surface area contributed by atoms with Crippen molar-refractivity contribution in [1.29, 1.82) is 0 Å². The number of piperidine rings is 1. The number of nitrogens with one attached hydrogen (secondary N) is 1. The fourth-order valence-electron chi connectivity index (χ4n) is 2.37. The molecular formula is C14H18F2N2O. The summed E-state index contributed by atoms with van der Waals surface area (Å²) >= 11 is 0. The third-order valence-corrected chi connectivity index (χ3v) is 3.48. The average Bonchev–Trinajstić information content (AvgIpc) is 2.40. The first-order chi connectivity index (χ1) is 9.08. The maximum atomic E-state index is 13.4. The van der Waals surface area contributed by atoms with E-state index in [-0.39, 0.29) is 24.2 Å². The van der Waals surface area contributed by atoms with Crippen LogP contribution < -0.4 is 5.32 Å². The number of carbonyl (C=O) groups is 1. The van der Waals surface area contributed by atoms with Gasteiger partial charge in [0, 0.05) is 12.6 Å². The number of rotatable bonds is 3. The van der Waals surface area contributed by atoms with Gasteiger partial charge in [-0.05, 0) is 44.4 Å². The largest absolute Gasteiger partial charge is 0.374 e. The zero-order chi connectivity index (χ0) is 13.8. The van der Waals surface area contributed by atoms with Crippen LogP contribution in [0, 0.1) is 11.6 Å². The summed E-state index contributed by atoms with van der Waals surface area (Å²) in [6.07, 6.45) is 3.14. The summed E-state index contributed by atoms with van der Waals surface area (Å²) in [5, 5.41) is 2.67. The number of likely N-dealkylation sites (tertiary alicyclic amines) is 1. The van der Waals surface area contributed by atoms with Gasteiger partial charge >= 0.3 is 0 Å². The Morgan fingerprint density at radius 2 is 2.21 bits per heavy atom. The van der Waals surface area contributed by atoms with E-state index in [4.69, 9.17) is 0 Å². The first-order valence-electron chi connectivity index (χ1n) is 6.56. The standard InChI is InChI=1S/C14H18F2N2O/c1-10-4-2-3-7-18(10)14(19)9-17-13-8-11(15)5-6-12(13)16/h5-6,8,10,17H,2-4,7,9H2,1H3. The van der Waals surface area contributed by atoms with Crippen molar-refractivity contribution in [1.82, 2.24) is 4.90 Å². The first kappa shape index (κ1) is 13.8. The Bertz CT molecular complexity index is 465. The van der Waals surface area contributed by atoms with Crippen LogP contribution in [0.15, 0.2) is 18.2 Å². The number of carbonyl (C=O) groups excluding carboxylic acids is 1. The minimum Gasteiger partial charge on any atom is -0.374 e. The SMILES string of the molecule is CC1CCCCN1C(=O)CNc1cc(F)ccc1F. The van der Waals surface area contributed by atoms with Gasteiger partial charge in [-0.2, -0.15) is 0 Å². The van der Waals surface area contributed by atoms with Crippen LogP contribution >= 0.6 is 0 Å². The molecule has 1 saturated heterocycles. The van der Waals surface area contributed by atoms with Gasteiger partial charge in [-0.1, -0.05) is 0 Å². The molecule has 0 spiro atoms. The van der Waals surface area contributed by atoms with E-state index in [0.717, 1.165) is 44.0 Å². The quantitative estimate of drug-likeness (QED) is 0.914. The van der Waals surface area contributed by atoms with Crippen LogP contribution in [0.25, 0.3) is 0 Å². The molecule has 5 heteroatoms. The molecule has 1 aliphatic rings. The van der Waals surface area contributed by atoms with Gasteiger partial charge in [0.1, 0.15) is 11.6 Å². The number of nitrogens with zero attached hydrogens (tertiary/aromatic N) is 1. The molecule has 1 amide bonds. The normalized spacial score (nSPS) is 19.3. The minimum atomic E-state index is -0.555. The van der Waals surface area contributed by atoms with Gasteiger partial charge in [0.25, 0.3) is 0 Å². The minimum absolute atomic E-state index is 0.00921. The Morgan fingerprint density at radius 1 is 1.42 bits per heavy atom. The molecule has 0 bridgehead atoms. The van der Waals surface area contributed by atoms with Crippen molar-refractivity contribution < 1.29 is 13.6 Å². The zero-order valence-corrected chi connectivity index (χ0v) is 11.0. The first-order valence-corrected chi connectivity index (χ1v) is 6.56. The maximum Gasteiger partial charge on any atom is 0.242 e. The predicted molar refractivity (Wildman–Crippen MR) is 69.9 cm³/mol. The molecule has 1 N–H and O–H groups in total. The van der Waals surface area contributed by atoms with Crippen molar-refractivity contribution >= 4 is 11.6 Å². The summed E-state index contributed by atoms with van der Waals surface area (Å²) in [6.45, 7) is 2.75. The molecule has 1 aromatic rings.